The van der Waals surface area contributed by atoms with Gasteiger partial charge in [0.15, 0.2) is 11.5 Å². The molecule has 0 aliphatic heterocycles. The monoisotopic (exact) mass is 334 g/mol. The van der Waals surface area contributed by atoms with Gasteiger partial charge in [0.05, 0.1) is 21.3 Å². The zero-order valence-corrected chi connectivity index (χ0v) is 13.1. The summed E-state index contributed by atoms with van der Waals surface area (Å²) in [6.45, 7) is 0.902. The Balaban J connectivity index is 3.16. The van der Waals surface area contributed by atoms with Crippen LogP contribution in [-0.4, -0.2) is 33.5 Å². The molecule has 0 aromatic heterocycles. The van der Waals surface area contributed by atoms with Gasteiger partial charge >= 0.3 is 12.1 Å². The van der Waals surface area contributed by atoms with Crippen molar-refractivity contribution in [2.24, 2.45) is 0 Å². The topological polar surface area (TPSA) is 54.0 Å². The third-order valence-electron chi connectivity index (χ3n) is 2.78. The molecule has 0 heterocycles. The molecule has 0 bridgehead atoms. The summed E-state index contributed by atoms with van der Waals surface area (Å²) in [6.07, 6.45) is -4.12. The van der Waals surface area contributed by atoms with E-state index in [0.717, 1.165) is 13.0 Å². The first-order chi connectivity index (χ1) is 10.7. The zero-order chi connectivity index (χ0) is 17.6. The summed E-state index contributed by atoms with van der Waals surface area (Å²) in [5.74, 6) is -1.44. The van der Waals surface area contributed by atoms with Crippen LogP contribution >= 0.6 is 0 Å². The first kappa shape index (κ1) is 18.7. The van der Waals surface area contributed by atoms with Crippen LogP contribution in [0.5, 0.6) is 17.2 Å². The van der Waals surface area contributed by atoms with Crippen molar-refractivity contribution in [3.05, 3.63) is 29.5 Å². The van der Waals surface area contributed by atoms with Crippen LogP contribution in [0.4, 0.5) is 13.2 Å². The number of carbonyl (C=O) groups excluding carboxylic acids is 1. The van der Waals surface area contributed by atoms with Crippen LogP contribution < -0.4 is 14.2 Å². The molecule has 0 atom stereocenters. The number of benzene rings is 1. The van der Waals surface area contributed by atoms with Gasteiger partial charge < -0.3 is 18.9 Å². The van der Waals surface area contributed by atoms with Crippen LogP contribution in [0.3, 0.4) is 0 Å². The fourth-order valence-electron chi connectivity index (χ4n) is 1.83. The lowest BCUT2D eigenvalue weighted by atomic mass is 10.1. The minimum Gasteiger partial charge on any atom is -0.493 e. The first-order valence-electron chi connectivity index (χ1n) is 6.47. The molecule has 1 aromatic rings. The van der Waals surface area contributed by atoms with E-state index in [1.54, 1.807) is 0 Å². The van der Waals surface area contributed by atoms with Gasteiger partial charge in [-0.15, -0.1) is 0 Å². The maximum Gasteiger partial charge on any atom is 0.449 e. The molecule has 128 valence electrons. The normalized spacial score (nSPS) is 11.9. The lowest BCUT2D eigenvalue weighted by Gasteiger charge is -2.14. The van der Waals surface area contributed by atoms with E-state index in [-0.39, 0.29) is 6.42 Å². The number of methoxy groups -OCH3 is 3. The SMILES string of the molecule is COc1cc(CC=C(OC(C)=O)C(F)(F)F)cc(OC)c1OC. The average Bonchev–Trinajstić information content (AvgIpc) is 2.48. The fourth-order valence-corrected chi connectivity index (χ4v) is 1.83. The van der Waals surface area contributed by atoms with E-state index in [2.05, 4.69) is 4.74 Å². The van der Waals surface area contributed by atoms with Crippen molar-refractivity contribution in [2.75, 3.05) is 21.3 Å². The molecular weight excluding hydrogens is 317 g/mol. The van der Waals surface area contributed by atoms with Crippen molar-refractivity contribution in [2.45, 2.75) is 19.5 Å². The van der Waals surface area contributed by atoms with Crippen molar-refractivity contribution in [3.63, 3.8) is 0 Å². The van der Waals surface area contributed by atoms with Gasteiger partial charge in [-0.05, 0) is 30.2 Å². The molecule has 0 saturated carbocycles. The molecule has 8 heteroatoms. The molecule has 0 N–H and O–H groups in total. The number of allylic oxidation sites excluding steroid dienone is 2. The number of esters is 1. The van der Waals surface area contributed by atoms with Crippen molar-refractivity contribution in [3.8, 4) is 17.2 Å². The third kappa shape index (κ3) is 5.08. The largest absolute Gasteiger partial charge is 0.493 e. The Bertz CT molecular complexity index is 568. The van der Waals surface area contributed by atoms with Gasteiger partial charge in [0, 0.05) is 6.92 Å². The fraction of sp³-hybridized carbons (Fsp3) is 0.400. The number of alkyl halides is 3. The Morgan fingerprint density at radius 1 is 1.09 bits per heavy atom. The molecular formula is C15H17F3O5. The minimum atomic E-state index is -4.76. The summed E-state index contributed by atoms with van der Waals surface area (Å²) < 4.78 is 57.9. The Hall–Kier alpha value is -2.38. The smallest absolute Gasteiger partial charge is 0.449 e. The standard InChI is InChI=1S/C15H17F3O5/c1-9(19)23-13(15(16,17)18)6-5-10-7-11(20-2)14(22-4)12(8-10)21-3/h6-8H,5H2,1-4H3. The molecule has 1 aromatic carbocycles. The Morgan fingerprint density at radius 2 is 1.61 bits per heavy atom. The summed E-state index contributed by atoms with van der Waals surface area (Å²) >= 11 is 0. The van der Waals surface area contributed by atoms with Gasteiger partial charge in [0.1, 0.15) is 0 Å². The Labute approximate surface area is 131 Å². The Kier molecular flexibility index (Phi) is 6.29. The van der Waals surface area contributed by atoms with E-state index in [1.165, 1.54) is 33.5 Å². The maximum atomic E-state index is 12.8. The van der Waals surface area contributed by atoms with Gasteiger partial charge in [-0.3, -0.25) is 4.79 Å². The van der Waals surface area contributed by atoms with Crippen LogP contribution in [0.1, 0.15) is 12.5 Å². The predicted octanol–water partition coefficient (Wildman–Crippen LogP) is 3.26. The summed E-state index contributed by atoms with van der Waals surface area (Å²) in [5.41, 5.74) is 0.466. The lowest BCUT2D eigenvalue weighted by molar-refractivity contribution is -0.158. The van der Waals surface area contributed by atoms with Crippen molar-refractivity contribution in [1.82, 2.24) is 0 Å². The van der Waals surface area contributed by atoms with Crippen LogP contribution in [0, 0.1) is 0 Å². The highest BCUT2D eigenvalue weighted by molar-refractivity contribution is 5.67. The second-order valence-corrected chi connectivity index (χ2v) is 4.40. The van der Waals surface area contributed by atoms with Gasteiger partial charge in [-0.2, -0.15) is 13.2 Å². The first-order valence-corrected chi connectivity index (χ1v) is 6.47. The molecule has 0 amide bonds. The highest BCUT2D eigenvalue weighted by Gasteiger charge is 2.36. The predicted molar refractivity (Wildman–Crippen MR) is 75.7 cm³/mol. The molecule has 1 rings (SSSR count). The van der Waals surface area contributed by atoms with E-state index in [9.17, 15) is 18.0 Å². The number of hydrogen-bond acceptors (Lipinski definition) is 5. The van der Waals surface area contributed by atoms with Gasteiger partial charge in [0.2, 0.25) is 11.5 Å². The second kappa shape index (κ2) is 7.75. The van der Waals surface area contributed by atoms with E-state index < -0.39 is 17.9 Å². The molecule has 23 heavy (non-hydrogen) atoms. The van der Waals surface area contributed by atoms with E-state index >= 15 is 0 Å². The lowest BCUT2D eigenvalue weighted by Crippen LogP contribution is -2.17. The molecule has 0 spiro atoms. The molecule has 5 nitrogen and oxygen atoms in total. The molecule has 0 unspecified atom stereocenters. The summed E-state index contributed by atoms with van der Waals surface area (Å²) in [4.78, 5) is 10.8. The van der Waals surface area contributed by atoms with Gasteiger partial charge in [-0.25, -0.2) is 0 Å². The highest BCUT2D eigenvalue weighted by Crippen LogP contribution is 2.38. The molecule has 0 fully saturated rings. The highest BCUT2D eigenvalue weighted by atomic mass is 19.4. The molecule has 0 saturated heterocycles. The van der Waals surface area contributed by atoms with E-state index in [4.69, 9.17) is 14.2 Å². The summed E-state index contributed by atoms with van der Waals surface area (Å²) in [7, 11) is 4.22. The number of ether oxygens (including phenoxy) is 4. The van der Waals surface area contributed by atoms with E-state index in [1.807, 2.05) is 0 Å². The number of halogens is 3. The molecule has 0 aliphatic rings. The zero-order valence-electron chi connectivity index (χ0n) is 13.1. The quantitative estimate of drug-likeness (QED) is 0.590. The average molecular weight is 334 g/mol. The van der Waals surface area contributed by atoms with Gasteiger partial charge in [-0.1, -0.05) is 0 Å². The minimum absolute atomic E-state index is 0.140. The van der Waals surface area contributed by atoms with E-state index in [0.29, 0.717) is 22.8 Å². The van der Waals surface area contributed by atoms with Crippen molar-refractivity contribution in [1.29, 1.82) is 0 Å². The summed E-state index contributed by atoms with van der Waals surface area (Å²) in [6, 6.07) is 3.03. The number of carbonyl (C=O) groups is 1. The Morgan fingerprint density at radius 3 is 1.96 bits per heavy atom. The van der Waals surface area contributed by atoms with Gasteiger partial charge in [0.25, 0.3) is 0 Å². The van der Waals surface area contributed by atoms with Crippen LogP contribution in [-0.2, 0) is 16.0 Å². The number of hydrogen-bond donors (Lipinski definition) is 0. The maximum absolute atomic E-state index is 12.8. The van der Waals surface area contributed by atoms with Crippen LogP contribution in [0.25, 0.3) is 0 Å². The summed E-state index contributed by atoms with van der Waals surface area (Å²) in [5, 5.41) is 0. The number of rotatable bonds is 6. The van der Waals surface area contributed by atoms with Crippen molar-refractivity contribution < 1.29 is 36.9 Å². The van der Waals surface area contributed by atoms with Crippen LogP contribution in [0.15, 0.2) is 24.0 Å². The molecule has 0 aliphatic carbocycles. The third-order valence-corrected chi connectivity index (χ3v) is 2.78. The molecule has 0 radical (unpaired) electrons. The second-order valence-electron chi connectivity index (χ2n) is 4.40. The van der Waals surface area contributed by atoms with Crippen molar-refractivity contribution >= 4 is 5.97 Å². The van der Waals surface area contributed by atoms with Crippen LogP contribution in [0.2, 0.25) is 0 Å².